The summed E-state index contributed by atoms with van der Waals surface area (Å²) in [7, 11) is 1.51. The van der Waals surface area contributed by atoms with E-state index in [-0.39, 0.29) is 36.2 Å². The van der Waals surface area contributed by atoms with Crippen molar-refractivity contribution in [2.75, 3.05) is 19.0 Å². The van der Waals surface area contributed by atoms with Crippen LogP contribution in [0.1, 0.15) is 34.1 Å². The van der Waals surface area contributed by atoms with Gasteiger partial charge in [0.1, 0.15) is 22.9 Å². The number of aromatic nitrogens is 1. The van der Waals surface area contributed by atoms with Crippen LogP contribution in [0.15, 0.2) is 54.7 Å². The van der Waals surface area contributed by atoms with E-state index in [0.29, 0.717) is 11.5 Å². The minimum atomic E-state index is -4.56. The fraction of sp³-hybridized carbons (Fsp3) is 0.240. The number of hydrogen-bond acceptors (Lipinski definition) is 5. The molecule has 190 valence electrons. The number of benzene rings is 2. The third-order valence-corrected chi connectivity index (χ3v) is 4.97. The number of rotatable bonds is 8. The second-order valence-corrected chi connectivity index (χ2v) is 7.61. The molecule has 1 heterocycles. The number of carbonyl (C=O) groups excluding carboxylic acids is 2. The lowest BCUT2D eigenvalue weighted by Crippen LogP contribution is -2.28. The van der Waals surface area contributed by atoms with Crippen LogP contribution in [0, 0.1) is 6.92 Å². The molecule has 3 rings (SSSR count). The summed E-state index contributed by atoms with van der Waals surface area (Å²) < 4.78 is 50.4. The number of urea groups is 1. The molecule has 0 unspecified atom stereocenters. The summed E-state index contributed by atoms with van der Waals surface area (Å²) in [5, 5.41) is 7.53. The predicted molar refractivity (Wildman–Crippen MR) is 127 cm³/mol. The van der Waals surface area contributed by atoms with E-state index in [0.717, 1.165) is 23.3 Å². The second-order valence-electron chi connectivity index (χ2n) is 7.61. The van der Waals surface area contributed by atoms with Crippen LogP contribution in [0.5, 0.6) is 17.2 Å². The molecule has 0 radical (unpaired) electrons. The number of alkyl halides is 3. The average molecular weight is 502 g/mol. The minimum Gasteiger partial charge on any atom is -0.492 e. The number of halogens is 3. The van der Waals surface area contributed by atoms with E-state index in [1.165, 1.54) is 25.4 Å². The van der Waals surface area contributed by atoms with Gasteiger partial charge in [0, 0.05) is 25.9 Å². The van der Waals surface area contributed by atoms with Gasteiger partial charge in [-0.1, -0.05) is 12.1 Å². The van der Waals surface area contributed by atoms with Crippen molar-refractivity contribution in [3.8, 4) is 17.2 Å². The normalized spacial score (nSPS) is 10.9. The lowest BCUT2D eigenvalue weighted by Gasteiger charge is -2.15. The number of aryl methyl sites for hydroxylation is 1. The Balaban J connectivity index is 1.65. The van der Waals surface area contributed by atoms with Gasteiger partial charge in [-0.05, 0) is 55.3 Å². The first kappa shape index (κ1) is 26.3. The first-order chi connectivity index (χ1) is 17.1. The monoisotopic (exact) mass is 502 g/mol. The Labute approximate surface area is 205 Å². The Morgan fingerprint density at radius 3 is 2.44 bits per heavy atom. The van der Waals surface area contributed by atoms with Crippen molar-refractivity contribution in [3.05, 3.63) is 77.1 Å². The highest BCUT2D eigenvalue weighted by molar-refractivity contribution is 5.92. The van der Waals surface area contributed by atoms with Crippen LogP contribution in [-0.4, -0.2) is 30.6 Å². The van der Waals surface area contributed by atoms with Crippen molar-refractivity contribution in [3.63, 3.8) is 0 Å². The van der Waals surface area contributed by atoms with Crippen molar-refractivity contribution in [2.45, 2.75) is 26.6 Å². The van der Waals surface area contributed by atoms with Crippen LogP contribution in [0.25, 0.3) is 0 Å². The number of ether oxygens (including phenoxy) is 2. The maximum atomic E-state index is 13.1. The van der Waals surface area contributed by atoms with E-state index in [1.54, 1.807) is 31.2 Å². The van der Waals surface area contributed by atoms with Gasteiger partial charge >= 0.3 is 12.2 Å². The molecule has 0 saturated carbocycles. The van der Waals surface area contributed by atoms with Crippen LogP contribution >= 0.6 is 0 Å². The van der Waals surface area contributed by atoms with E-state index >= 15 is 0 Å². The zero-order valence-corrected chi connectivity index (χ0v) is 19.8. The number of anilines is 1. The number of nitrogens with one attached hydrogen (secondary N) is 3. The van der Waals surface area contributed by atoms with E-state index in [4.69, 9.17) is 9.47 Å². The SMILES string of the molecule is CCOc1ccc(C(F)(F)F)cc1NC(=O)NCc1ccc(Oc2ccnc(C(=O)NC)c2)c(C)c1. The van der Waals surface area contributed by atoms with Crippen molar-refractivity contribution in [1.29, 1.82) is 0 Å². The van der Waals surface area contributed by atoms with Crippen LogP contribution in [0.2, 0.25) is 0 Å². The molecule has 0 aliphatic heterocycles. The highest BCUT2D eigenvalue weighted by atomic mass is 19.4. The Morgan fingerprint density at radius 1 is 1.03 bits per heavy atom. The predicted octanol–water partition coefficient (Wildman–Crippen LogP) is 5.28. The number of hydrogen-bond donors (Lipinski definition) is 3. The van der Waals surface area contributed by atoms with Gasteiger partial charge in [-0.3, -0.25) is 9.78 Å². The van der Waals surface area contributed by atoms with Crippen LogP contribution in [0.4, 0.5) is 23.7 Å². The van der Waals surface area contributed by atoms with Crippen LogP contribution in [0.3, 0.4) is 0 Å². The molecule has 0 spiro atoms. The Bertz CT molecular complexity index is 1250. The van der Waals surface area contributed by atoms with Crippen LogP contribution in [-0.2, 0) is 12.7 Å². The van der Waals surface area contributed by atoms with Gasteiger partial charge in [0.15, 0.2) is 0 Å². The fourth-order valence-corrected chi connectivity index (χ4v) is 3.22. The Morgan fingerprint density at radius 2 is 1.78 bits per heavy atom. The lowest BCUT2D eigenvalue weighted by atomic mass is 10.1. The molecule has 0 aliphatic rings. The molecule has 3 N–H and O–H groups in total. The second kappa shape index (κ2) is 11.4. The third kappa shape index (κ3) is 6.87. The van der Waals surface area contributed by atoms with Gasteiger partial charge in [-0.25, -0.2) is 4.79 Å². The van der Waals surface area contributed by atoms with E-state index in [1.807, 2.05) is 6.92 Å². The third-order valence-electron chi connectivity index (χ3n) is 4.97. The summed E-state index contributed by atoms with van der Waals surface area (Å²) in [6, 6.07) is 10.6. The molecule has 8 nitrogen and oxygen atoms in total. The average Bonchev–Trinajstić information content (AvgIpc) is 2.84. The highest BCUT2D eigenvalue weighted by Gasteiger charge is 2.31. The largest absolute Gasteiger partial charge is 0.492 e. The molecular weight excluding hydrogens is 477 g/mol. The van der Waals surface area contributed by atoms with Gasteiger partial charge in [0.05, 0.1) is 17.9 Å². The number of carbonyl (C=O) groups is 2. The lowest BCUT2D eigenvalue weighted by molar-refractivity contribution is -0.137. The van der Waals surface area contributed by atoms with Gasteiger partial charge in [0.25, 0.3) is 5.91 Å². The van der Waals surface area contributed by atoms with Crippen molar-refractivity contribution in [2.24, 2.45) is 0 Å². The molecule has 0 fully saturated rings. The first-order valence-electron chi connectivity index (χ1n) is 10.9. The van der Waals surface area contributed by atoms with Crippen molar-refractivity contribution >= 4 is 17.6 Å². The fourth-order valence-electron chi connectivity index (χ4n) is 3.22. The number of nitrogens with zero attached hydrogens (tertiary/aromatic N) is 1. The molecule has 0 bridgehead atoms. The zero-order chi connectivity index (χ0) is 26.3. The van der Waals surface area contributed by atoms with Gasteiger partial charge < -0.3 is 25.4 Å². The van der Waals surface area contributed by atoms with Gasteiger partial charge in [-0.2, -0.15) is 13.2 Å². The molecular formula is C25H25F3N4O4. The summed E-state index contributed by atoms with van der Waals surface area (Å²) in [6.45, 7) is 3.84. The van der Waals surface area contributed by atoms with Crippen LogP contribution < -0.4 is 25.4 Å². The van der Waals surface area contributed by atoms with Crippen molar-refractivity contribution in [1.82, 2.24) is 15.6 Å². The smallest absolute Gasteiger partial charge is 0.416 e. The Hall–Kier alpha value is -4.28. The quantitative estimate of drug-likeness (QED) is 0.389. The maximum absolute atomic E-state index is 13.1. The standard InChI is InChI=1S/C25H25F3N4O4/c1-4-35-22-8-6-17(25(26,27)28)12-19(22)32-24(34)31-14-16-5-7-21(15(2)11-16)36-18-9-10-30-20(13-18)23(33)29-3/h5-13H,4,14H2,1-3H3,(H,29,33)(H2,31,32,34). The van der Waals surface area contributed by atoms with Gasteiger partial charge in [-0.15, -0.1) is 0 Å². The Kier molecular flexibility index (Phi) is 8.36. The summed E-state index contributed by atoms with van der Waals surface area (Å²) in [6.07, 6.45) is -3.09. The van der Waals surface area contributed by atoms with Crippen molar-refractivity contribution < 1.29 is 32.2 Å². The van der Waals surface area contributed by atoms with E-state index in [2.05, 4.69) is 20.9 Å². The molecule has 36 heavy (non-hydrogen) atoms. The van der Waals surface area contributed by atoms with E-state index < -0.39 is 17.8 Å². The summed E-state index contributed by atoms with van der Waals surface area (Å²) >= 11 is 0. The minimum absolute atomic E-state index is 0.0856. The molecule has 3 amide bonds. The molecule has 3 aromatic rings. The topological polar surface area (TPSA) is 102 Å². The summed E-state index contributed by atoms with van der Waals surface area (Å²) in [4.78, 5) is 28.1. The van der Waals surface area contributed by atoms with E-state index in [9.17, 15) is 22.8 Å². The van der Waals surface area contributed by atoms with Gasteiger partial charge in [0.2, 0.25) is 0 Å². The highest BCUT2D eigenvalue weighted by Crippen LogP contribution is 2.35. The zero-order valence-electron chi connectivity index (χ0n) is 19.8. The maximum Gasteiger partial charge on any atom is 0.416 e. The summed E-state index contributed by atoms with van der Waals surface area (Å²) in [5.74, 6) is 0.773. The first-order valence-corrected chi connectivity index (χ1v) is 10.9. The molecule has 11 heteroatoms. The summed E-state index contributed by atoms with van der Waals surface area (Å²) in [5.41, 5.74) is 0.740. The molecule has 0 aliphatic carbocycles. The molecule has 2 aromatic carbocycles. The number of amides is 3. The molecule has 0 saturated heterocycles. The molecule has 0 atom stereocenters. The number of pyridine rings is 1. The molecule has 1 aromatic heterocycles.